The molecule has 110 valence electrons. The summed E-state index contributed by atoms with van der Waals surface area (Å²) in [5.74, 6) is 1.59. The highest BCUT2D eigenvalue weighted by Gasteiger charge is 2.17. The molecule has 0 heterocycles. The zero-order chi connectivity index (χ0) is 14.4. The van der Waals surface area contributed by atoms with Crippen LogP contribution in [-0.4, -0.2) is 19.3 Å². The average Bonchev–Trinajstić information content (AvgIpc) is 2.44. The molecule has 0 spiro atoms. The molecule has 0 radical (unpaired) electrons. The normalized spacial score (nSPS) is 18.1. The van der Waals surface area contributed by atoms with E-state index in [0.717, 1.165) is 40.8 Å². The van der Waals surface area contributed by atoms with Gasteiger partial charge in [-0.15, -0.1) is 0 Å². The van der Waals surface area contributed by atoms with E-state index in [1.54, 1.807) is 0 Å². The second kappa shape index (κ2) is 7.70. The van der Waals surface area contributed by atoms with Gasteiger partial charge >= 0.3 is 0 Å². The lowest BCUT2D eigenvalue weighted by atomic mass is 10.1. The van der Waals surface area contributed by atoms with Crippen molar-refractivity contribution >= 4 is 15.9 Å². The molecular formula is C16H22BrNO2. The number of nitrogens with two attached hydrogens (primary N) is 1. The first-order valence-corrected chi connectivity index (χ1v) is 8.02. The van der Waals surface area contributed by atoms with Crippen molar-refractivity contribution in [1.82, 2.24) is 0 Å². The lowest BCUT2D eigenvalue weighted by Crippen LogP contribution is -2.16. The Hall–Kier alpha value is -1.00. The Kier molecular flexibility index (Phi) is 5.92. The number of hydrogen-bond acceptors (Lipinski definition) is 3. The number of benzene rings is 1. The fraction of sp³-hybridized carbons (Fsp3) is 0.500. The highest BCUT2D eigenvalue weighted by molar-refractivity contribution is 9.10. The molecule has 3 nitrogen and oxygen atoms in total. The van der Waals surface area contributed by atoms with Crippen LogP contribution in [0, 0.1) is 0 Å². The first-order valence-electron chi connectivity index (χ1n) is 7.23. The van der Waals surface area contributed by atoms with E-state index in [4.69, 9.17) is 15.2 Å². The number of rotatable bonds is 6. The monoisotopic (exact) mass is 339 g/mol. The van der Waals surface area contributed by atoms with Crippen molar-refractivity contribution in [3.8, 4) is 11.5 Å². The van der Waals surface area contributed by atoms with Crippen LogP contribution in [0.5, 0.6) is 11.5 Å². The van der Waals surface area contributed by atoms with Gasteiger partial charge < -0.3 is 15.2 Å². The van der Waals surface area contributed by atoms with Gasteiger partial charge in [0.05, 0.1) is 11.1 Å². The molecule has 1 unspecified atom stereocenters. The van der Waals surface area contributed by atoms with Gasteiger partial charge in [-0.2, -0.15) is 0 Å². The summed E-state index contributed by atoms with van der Waals surface area (Å²) >= 11 is 3.59. The van der Waals surface area contributed by atoms with Gasteiger partial charge in [-0.1, -0.05) is 6.08 Å². The van der Waals surface area contributed by atoms with Crippen LogP contribution in [-0.2, 0) is 6.42 Å². The zero-order valence-electron chi connectivity index (χ0n) is 11.9. The quantitative estimate of drug-likeness (QED) is 0.801. The molecule has 1 aliphatic rings. The maximum absolute atomic E-state index is 6.11. The Labute approximate surface area is 129 Å². The fourth-order valence-corrected chi connectivity index (χ4v) is 2.92. The highest BCUT2D eigenvalue weighted by atomic mass is 79.9. The number of halogens is 1. The molecule has 1 atom stereocenters. The largest absolute Gasteiger partial charge is 0.490 e. The molecule has 4 heteroatoms. The molecule has 0 aliphatic heterocycles. The third kappa shape index (κ3) is 4.00. The molecular weight excluding hydrogens is 318 g/mol. The topological polar surface area (TPSA) is 44.5 Å². The second-order valence-corrected chi connectivity index (χ2v) is 5.75. The van der Waals surface area contributed by atoms with E-state index in [-0.39, 0.29) is 6.10 Å². The summed E-state index contributed by atoms with van der Waals surface area (Å²) in [5, 5.41) is 0. The first kappa shape index (κ1) is 15.4. The number of allylic oxidation sites excluding steroid dienone is 1. The van der Waals surface area contributed by atoms with E-state index in [9.17, 15) is 0 Å². The fourth-order valence-electron chi connectivity index (χ4n) is 2.34. The van der Waals surface area contributed by atoms with Gasteiger partial charge in [-0.05, 0) is 78.9 Å². The van der Waals surface area contributed by atoms with Crippen LogP contribution >= 0.6 is 15.9 Å². The Balaban J connectivity index is 2.24. The predicted molar refractivity (Wildman–Crippen MR) is 85.5 cm³/mol. The van der Waals surface area contributed by atoms with Crippen molar-refractivity contribution < 1.29 is 9.47 Å². The summed E-state index contributed by atoms with van der Waals surface area (Å²) in [5.41, 5.74) is 6.79. The van der Waals surface area contributed by atoms with Crippen LogP contribution in [0.3, 0.4) is 0 Å². The predicted octanol–water partition coefficient (Wildman–Crippen LogP) is 3.84. The summed E-state index contributed by atoms with van der Waals surface area (Å²) in [6, 6.07) is 4.10. The van der Waals surface area contributed by atoms with E-state index in [0.29, 0.717) is 13.2 Å². The molecule has 0 aromatic heterocycles. The molecule has 20 heavy (non-hydrogen) atoms. The molecule has 1 aromatic carbocycles. The zero-order valence-corrected chi connectivity index (χ0v) is 13.5. The number of hydrogen-bond donors (Lipinski definition) is 1. The first-order chi connectivity index (χ1) is 9.74. The Morgan fingerprint density at radius 2 is 2.25 bits per heavy atom. The van der Waals surface area contributed by atoms with Crippen molar-refractivity contribution in [2.45, 2.75) is 38.7 Å². The van der Waals surface area contributed by atoms with Crippen molar-refractivity contribution in [3.63, 3.8) is 0 Å². The molecule has 0 saturated carbocycles. The van der Waals surface area contributed by atoms with Gasteiger partial charge in [0.15, 0.2) is 11.5 Å². The summed E-state index contributed by atoms with van der Waals surface area (Å²) < 4.78 is 12.8. The third-order valence-corrected chi connectivity index (χ3v) is 3.87. The molecule has 0 amide bonds. The molecule has 0 fully saturated rings. The highest BCUT2D eigenvalue weighted by Crippen LogP contribution is 2.38. The van der Waals surface area contributed by atoms with E-state index in [1.807, 2.05) is 13.0 Å². The van der Waals surface area contributed by atoms with Crippen molar-refractivity contribution in [3.05, 3.63) is 34.3 Å². The maximum atomic E-state index is 6.11. The molecule has 1 aliphatic carbocycles. The van der Waals surface area contributed by atoms with Gasteiger partial charge in [-0.3, -0.25) is 0 Å². The van der Waals surface area contributed by atoms with Crippen LogP contribution in [0.4, 0.5) is 0 Å². The molecule has 1 aromatic rings. The minimum absolute atomic E-state index is 0.139. The van der Waals surface area contributed by atoms with E-state index in [2.05, 4.69) is 34.1 Å². The smallest absolute Gasteiger partial charge is 0.176 e. The summed E-state index contributed by atoms with van der Waals surface area (Å²) in [6.45, 7) is 3.23. The van der Waals surface area contributed by atoms with E-state index in [1.165, 1.54) is 6.42 Å². The minimum Gasteiger partial charge on any atom is -0.490 e. The Bertz CT molecular complexity index is 474. The average molecular weight is 340 g/mol. The Morgan fingerprint density at radius 3 is 2.90 bits per heavy atom. The Morgan fingerprint density at radius 1 is 1.40 bits per heavy atom. The standard InChI is InChI=1S/C16H22BrNO2/c1-2-19-15-11-12(8-9-18)10-14(17)16(15)20-13-6-4-3-5-7-13/h4,6,10-11,13H,2-3,5,7-9,18H2,1H3. The van der Waals surface area contributed by atoms with E-state index < -0.39 is 0 Å². The number of ether oxygens (including phenoxy) is 2. The van der Waals surface area contributed by atoms with Gasteiger partial charge in [0.2, 0.25) is 0 Å². The van der Waals surface area contributed by atoms with E-state index >= 15 is 0 Å². The van der Waals surface area contributed by atoms with Crippen LogP contribution < -0.4 is 15.2 Å². The van der Waals surface area contributed by atoms with Crippen molar-refractivity contribution in [2.24, 2.45) is 5.73 Å². The van der Waals surface area contributed by atoms with Crippen molar-refractivity contribution in [1.29, 1.82) is 0 Å². The van der Waals surface area contributed by atoms with Gasteiger partial charge in [0.1, 0.15) is 6.10 Å². The summed E-state index contributed by atoms with van der Waals surface area (Å²) in [6.07, 6.45) is 8.68. The van der Waals surface area contributed by atoms with Gasteiger partial charge in [0.25, 0.3) is 0 Å². The maximum Gasteiger partial charge on any atom is 0.176 e. The van der Waals surface area contributed by atoms with Gasteiger partial charge in [-0.25, -0.2) is 0 Å². The van der Waals surface area contributed by atoms with Crippen LogP contribution in [0.1, 0.15) is 31.7 Å². The molecule has 0 saturated heterocycles. The molecule has 0 bridgehead atoms. The molecule has 2 rings (SSSR count). The lowest BCUT2D eigenvalue weighted by Gasteiger charge is -2.22. The van der Waals surface area contributed by atoms with Crippen LogP contribution in [0.25, 0.3) is 0 Å². The second-order valence-electron chi connectivity index (χ2n) is 4.89. The third-order valence-electron chi connectivity index (χ3n) is 3.28. The SMILES string of the molecule is CCOc1cc(CCN)cc(Br)c1OC1C=CCCC1. The minimum atomic E-state index is 0.139. The van der Waals surface area contributed by atoms with Crippen molar-refractivity contribution in [2.75, 3.05) is 13.2 Å². The summed E-state index contributed by atoms with van der Waals surface area (Å²) in [7, 11) is 0. The van der Waals surface area contributed by atoms with Crippen LogP contribution in [0.15, 0.2) is 28.8 Å². The van der Waals surface area contributed by atoms with Crippen LogP contribution in [0.2, 0.25) is 0 Å². The summed E-state index contributed by atoms with van der Waals surface area (Å²) in [4.78, 5) is 0. The molecule has 2 N–H and O–H groups in total. The van der Waals surface area contributed by atoms with Gasteiger partial charge in [0, 0.05) is 0 Å². The lowest BCUT2D eigenvalue weighted by molar-refractivity contribution is 0.212.